The maximum Gasteiger partial charge on any atom is 0.306 e. The molecule has 1 aliphatic heterocycles. The quantitative estimate of drug-likeness (QED) is 0.631. The minimum Gasteiger partial charge on any atom is -0.493 e. The first-order chi connectivity index (χ1) is 14.5. The highest BCUT2D eigenvalue weighted by atomic mass is 16.6. The average molecular weight is 435 g/mol. The number of methoxy groups -OCH3 is 2. The molecule has 0 aromatic carbocycles. The number of hydrogen-bond acceptors (Lipinski definition) is 7. The molecule has 0 bridgehead atoms. The Kier molecular flexibility index (Phi) is 5.27. The first kappa shape index (κ1) is 22.3. The Hall–Kier alpha value is -1.89. The Morgan fingerprint density at radius 2 is 1.81 bits per heavy atom. The predicted molar refractivity (Wildman–Crippen MR) is 111 cm³/mol. The Bertz CT molecular complexity index is 834. The molecule has 0 N–H and O–H groups in total. The van der Waals surface area contributed by atoms with Crippen molar-refractivity contribution in [3.8, 4) is 0 Å². The number of Topliss-reactive ketones (excluding diaryl/α,β-unsaturated/α-hetero) is 1. The largest absolute Gasteiger partial charge is 0.493 e. The Morgan fingerprint density at radius 1 is 1.13 bits per heavy atom. The van der Waals surface area contributed by atoms with Crippen molar-refractivity contribution >= 4 is 17.7 Å². The van der Waals surface area contributed by atoms with Gasteiger partial charge in [0.05, 0.1) is 13.2 Å². The molecule has 1 saturated heterocycles. The zero-order chi connectivity index (χ0) is 22.9. The lowest BCUT2D eigenvalue weighted by Gasteiger charge is -2.68. The van der Waals surface area contributed by atoms with Gasteiger partial charge in [-0.15, -0.1) is 0 Å². The number of allylic oxidation sites excluding steroid dienone is 2. The molecule has 3 fully saturated rings. The Morgan fingerprint density at radius 3 is 2.39 bits per heavy atom. The lowest BCUT2D eigenvalue weighted by Crippen LogP contribution is -2.74. The highest BCUT2D eigenvalue weighted by molar-refractivity contribution is 5.99. The van der Waals surface area contributed by atoms with E-state index in [1.54, 1.807) is 7.11 Å². The van der Waals surface area contributed by atoms with Gasteiger partial charge in [0.1, 0.15) is 12.2 Å². The fraction of sp³-hybridized carbons (Fsp3) is 0.792. The molecule has 7 heteroatoms. The fourth-order valence-corrected chi connectivity index (χ4v) is 7.83. The van der Waals surface area contributed by atoms with Crippen LogP contribution in [-0.2, 0) is 33.3 Å². The van der Waals surface area contributed by atoms with Gasteiger partial charge in [-0.05, 0) is 36.2 Å². The zero-order valence-corrected chi connectivity index (χ0v) is 19.5. The number of hydrogen-bond donors (Lipinski definition) is 0. The number of ketones is 1. The van der Waals surface area contributed by atoms with Gasteiger partial charge >= 0.3 is 11.9 Å². The van der Waals surface area contributed by atoms with Gasteiger partial charge in [0.15, 0.2) is 5.76 Å². The number of ether oxygens (including phenoxy) is 4. The smallest absolute Gasteiger partial charge is 0.306 e. The van der Waals surface area contributed by atoms with Crippen LogP contribution < -0.4 is 0 Å². The van der Waals surface area contributed by atoms with Crippen LogP contribution in [0.2, 0.25) is 0 Å². The monoisotopic (exact) mass is 434 g/mol. The van der Waals surface area contributed by atoms with Crippen LogP contribution in [0.3, 0.4) is 0 Å². The summed E-state index contributed by atoms with van der Waals surface area (Å²) < 4.78 is 23.3. The molecule has 0 amide bonds. The molecule has 0 unspecified atom stereocenters. The van der Waals surface area contributed by atoms with E-state index in [1.165, 1.54) is 14.0 Å². The highest BCUT2D eigenvalue weighted by Crippen LogP contribution is 2.68. The van der Waals surface area contributed by atoms with Gasteiger partial charge in [0.25, 0.3) is 0 Å². The van der Waals surface area contributed by atoms with Gasteiger partial charge in [-0.25, -0.2) is 0 Å². The Balaban J connectivity index is 1.96. The van der Waals surface area contributed by atoms with Crippen LogP contribution in [0.1, 0.15) is 47.5 Å². The number of rotatable bonds is 3. The van der Waals surface area contributed by atoms with Crippen LogP contribution in [-0.4, -0.2) is 50.3 Å². The summed E-state index contributed by atoms with van der Waals surface area (Å²) in [5.41, 5.74) is -1.37. The minimum atomic E-state index is -0.843. The van der Waals surface area contributed by atoms with E-state index in [-0.39, 0.29) is 53.9 Å². The van der Waals surface area contributed by atoms with Gasteiger partial charge in [-0.2, -0.15) is 0 Å². The fourth-order valence-electron chi connectivity index (χ4n) is 7.83. The molecule has 1 heterocycles. The van der Waals surface area contributed by atoms with Crippen LogP contribution in [0.15, 0.2) is 11.8 Å². The van der Waals surface area contributed by atoms with E-state index in [1.807, 2.05) is 19.9 Å². The van der Waals surface area contributed by atoms with E-state index in [4.69, 9.17) is 18.9 Å². The van der Waals surface area contributed by atoms with Crippen molar-refractivity contribution in [2.24, 2.45) is 40.4 Å². The molecule has 10 atom stereocenters. The van der Waals surface area contributed by atoms with Crippen molar-refractivity contribution in [2.45, 2.75) is 65.8 Å². The summed E-state index contributed by atoms with van der Waals surface area (Å²) in [6.45, 7) is 9.61. The second kappa shape index (κ2) is 7.32. The second-order valence-electron chi connectivity index (χ2n) is 10.3. The maximum absolute atomic E-state index is 13.9. The van der Waals surface area contributed by atoms with Crippen molar-refractivity contribution in [1.82, 2.24) is 0 Å². The average Bonchev–Trinajstić information content (AvgIpc) is 2.69. The SMILES string of the molecule is COC1=C[C@@H](C)[C@@H]2C[C@H]3OC(=O)C[C@H]4[C@@H](C)[C@H](OC)[C@@H](OC(C)=O)[C@H]([C@@]2(C)C1=O)[C@@]34C. The zero-order valence-electron chi connectivity index (χ0n) is 19.5. The van der Waals surface area contributed by atoms with Gasteiger partial charge in [-0.1, -0.05) is 27.7 Å². The maximum atomic E-state index is 13.9. The topological polar surface area (TPSA) is 88.1 Å². The summed E-state index contributed by atoms with van der Waals surface area (Å²) in [5, 5.41) is 0. The summed E-state index contributed by atoms with van der Waals surface area (Å²) in [4.78, 5) is 38.7. The molecule has 172 valence electrons. The number of carbonyl (C=O) groups is 3. The molecule has 0 spiro atoms. The third-order valence-corrected chi connectivity index (χ3v) is 9.07. The summed E-state index contributed by atoms with van der Waals surface area (Å²) in [7, 11) is 3.12. The molecule has 31 heavy (non-hydrogen) atoms. The normalized spacial score (nSPS) is 48.7. The summed E-state index contributed by atoms with van der Waals surface area (Å²) in [5.74, 6) is -0.817. The predicted octanol–water partition coefficient (Wildman–Crippen LogP) is 2.91. The van der Waals surface area contributed by atoms with Crippen LogP contribution in [0, 0.1) is 40.4 Å². The van der Waals surface area contributed by atoms with Gasteiger partial charge in [-0.3, -0.25) is 14.4 Å². The van der Waals surface area contributed by atoms with Crippen molar-refractivity contribution in [1.29, 1.82) is 0 Å². The van der Waals surface area contributed by atoms with Gasteiger partial charge in [0.2, 0.25) is 5.78 Å². The second-order valence-corrected chi connectivity index (χ2v) is 10.3. The van der Waals surface area contributed by atoms with Crippen LogP contribution in [0.4, 0.5) is 0 Å². The molecular weight excluding hydrogens is 400 g/mol. The van der Waals surface area contributed by atoms with E-state index in [0.29, 0.717) is 12.2 Å². The number of carbonyl (C=O) groups excluding carboxylic acids is 3. The third kappa shape index (κ3) is 2.84. The summed E-state index contributed by atoms with van der Waals surface area (Å²) in [6.07, 6.45) is 1.36. The standard InChI is InChI=1S/C24H34O7/c1-11-8-16(28-6)22(27)24(5)14(11)9-17-23(4)15(10-18(26)31-17)12(2)19(29-7)20(21(23)24)30-13(3)25/h8,11-12,14-15,17,19-21H,9-10H2,1-7H3/t11-,12-,14+,15+,17-,19+,20-,21+,23-,24+/m1/s1. The molecule has 7 nitrogen and oxygen atoms in total. The van der Waals surface area contributed by atoms with Gasteiger partial charge < -0.3 is 18.9 Å². The van der Waals surface area contributed by atoms with E-state index < -0.39 is 29.0 Å². The molecule has 0 aromatic heterocycles. The molecule has 4 rings (SSSR count). The van der Waals surface area contributed by atoms with Crippen molar-refractivity contribution in [3.05, 3.63) is 11.8 Å². The lowest BCUT2D eigenvalue weighted by molar-refractivity contribution is -0.283. The summed E-state index contributed by atoms with van der Waals surface area (Å²) in [6, 6.07) is 0. The first-order valence-electron chi connectivity index (χ1n) is 11.2. The molecule has 3 aliphatic carbocycles. The number of esters is 2. The van der Waals surface area contributed by atoms with Crippen LogP contribution in [0.5, 0.6) is 0 Å². The lowest BCUT2D eigenvalue weighted by atomic mass is 9.38. The Labute approximate surface area is 183 Å². The van der Waals surface area contributed by atoms with Crippen LogP contribution >= 0.6 is 0 Å². The molecule has 2 saturated carbocycles. The molecule has 0 radical (unpaired) electrons. The van der Waals surface area contributed by atoms with Gasteiger partial charge in [0, 0.05) is 37.2 Å². The first-order valence-corrected chi connectivity index (χ1v) is 11.2. The molecule has 4 aliphatic rings. The molecule has 0 aromatic rings. The minimum absolute atomic E-state index is 0.0413. The molecular formula is C24H34O7. The van der Waals surface area contributed by atoms with E-state index in [9.17, 15) is 14.4 Å². The van der Waals surface area contributed by atoms with E-state index in [2.05, 4.69) is 13.8 Å². The number of fused-ring (bicyclic) bond motifs is 2. The van der Waals surface area contributed by atoms with Crippen LogP contribution in [0.25, 0.3) is 0 Å². The van der Waals surface area contributed by atoms with E-state index >= 15 is 0 Å². The highest BCUT2D eigenvalue weighted by Gasteiger charge is 2.74. The summed E-state index contributed by atoms with van der Waals surface area (Å²) >= 11 is 0. The van der Waals surface area contributed by atoms with Crippen molar-refractivity contribution < 1.29 is 33.3 Å². The third-order valence-electron chi connectivity index (χ3n) is 9.07. The van der Waals surface area contributed by atoms with E-state index in [0.717, 1.165) is 0 Å². The van der Waals surface area contributed by atoms with Crippen molar-refractivity contribution in [2.75, 3.05) is 14.2 Å². The van der Waals surface area contributed by atoms with Crippen molar-refractivity contribution in [3.63, 3.8) is 0 Å².